The van der Waals surface area contributed by atoms with Crippen molar-refractivity contribution < 1.29 is 102 Å². The van der Waals surface area contributed by atoms with Crippen molar-refractivity contribution in [3.05, 3.63) is 151 Å². The number of aromatic nitrogens is 2. The average Bonchev–Trinajstić information content (AvgIpc) is 3.26. The number of nitrogens with zero attached hydrogens (tertiary/aromatic N) is 3. The van der Waals surface area contributed by atoms with Gasteiger partial charge < -0.3 is 0 Å². The Hall–Kier alpha value is -6.18. The van der Waals surface area contributed by atoms with Gasteiger partial charge >= 0.3 is 0 Å². The van der Waals surface area contributed by atoms with E-state index in [1.807, 2.05) is 0 Å². The lowest BCUT2D eigenvalue weighted by Gasteiger charge is -2.44. The maximum atomic E-state index is 15.4. The summed E-state index contributed by atoms with van der Waals surface area (Å²) in [6.45, 7) is 0.783. The molecule has 1 aromatic heterocycles. The van der Waals surface area contributed by atoms with Crippen LogP contribution in [-0.2, 0) is 0 Å². The molecule has 5 aromatic rings. The molecule has 0 radical (unpaired) electrons. The lowest BCUT2D eigenvalue weighted by Crippen LogP contribution is -2.81. The summed E-state index contributed by atoms with van der Waals surface area (Å²) in [6, 6.07) is 0. The van der Waals surface area contributed by atoms with E-state index in [1.165, 1.54) is 0 Å². The van der Waals surface area contributed by atoms with E-state index in [-0.39, 0.29) is 11.5 Å². The summed E-state index contributed by atoms with van der Waals surface area (Å²) in [6.07, 6.45) is 5.58. The zero-order valence-electron chi connectivity index (χ0n) is 30.7. The summed E-state index contributed by atoms with van der Waals surface area (Å²) >= 11 is 0. The van der Waals surface area contributed by atoms with Gasteiger partial charge in [-0.3, -0.25) is 19.9 Å². The normalized spacial score (nSPS) is 11.5. The molecule has 0 aliphatic rings. The van der Waals surface area contributed by atoms with Gasteiger partial charge in [0.2, 0.25) is 18.9 Å². The molecule has 0 spiro atoms. The van der Waals surface area contributed by atoms with Crippen molar-refractivity contribution in [1.29, 1.82) is 0 Å². The Morgan fingerprint density at radius 1 is 0.413 bits per heavy atom. The van der Waals surface area contributed by atoms with Gasteiger partial charge in [-0.15, -0.1) is 21.9 Å². The molecule has 6 nitrogen and oxygen atoms in total. The van der Waals surface area contributed by atoms with Crippen molar-refractivity contribution in [2.75, 3.05) is 13.2 Å². The summed E-state index contributed by atoms with van der Waals surface area (Å²) in [5, 5.41) is 10.1. The first-order chi connectivity index (χ1) is 29.5. The maximum absolute atomic E-state index is 15.4. The average molecular weight is 933 g/mol. The Bertz CT molecular complexity index is 2170. The van der Waals surface area contributed by atoms with Gasteiger partial charge in [-0.05, 0) is 19.3 Å². The number of rotatable bonds is 14. The first-order valence-corrected chi connectivity index (χ1v) is 17.3. The molecule has 0 atom stereocenters. The topological polar surface area (TPSA) is 69.1 Å². The molecular weight excluding hydrogens is 913 g/mol. The third-order valence-corrected chi connectivity index (χ3v) is 9.28. The van der Waals surface area contributed by atoms with Crippen LogP contribution in [0.2, 0.25) is 0 Å². The molecule has 340 valence electrons. The quantitative estimate of drug-likeness (QED) is 0.0172. The molecule has 0 fully saturated rings. The molecular formula is C36H20BF20N3O3. The number of hydrogen-bond acceptors (Lipinski definition) is 4. The van der Waals surface area contributed by atoms with Crippen LogP contribution >= 0.6 is 0 Å². The van der Waals surface area contributed by atoms with E-state index in [1.54, 1.807) is 29.5 Å². The van der Waals surface area contributed by atoms with Crippen molar-refractivity contribution in [1.82, 2.24) is 4.98 Å². The van der Waals surface area contributed by atoms with Gasteiger partial charge in [-0.1, -0.05) is 12.8 Å². The summed E-state index contributed by atoms with van der Waals surface area (Å²) < 4.78 is 296. The minimum Gasteiger partial charge on any atom is -0.271 e. The second-order valence-electron chi connectivity index (χ2n) is 12.9. The number of hydrogen-bond donors (Lipinski definition) is 0. The third-order valence-electron chi connectivity index (χ3n) is 9.28. The Kier molecular flexibility index (Phi) is 15.6. The highest BCUT2D eigenvalue weighted by Gasteiger charge is 2.52. The van der Waals surface area contributed by atoms with Crippen LogP contribution in [0.4, 0.5) is 87.8 Å². The van der Waals surface area contributed by atoms with E-state index in [0.717, 1.165) is 32.1 Å². The fourth-order valence-electron chi connectivity index (χ4n) is 6.49. The lowest BCUT2D eigenvalue weighted by molar-refractivity contribution is -0.891. The Morgan fingerprint density at radius 3 is 0.921 bits per heavy atom. The van der Waals surface area contributed by atoms with E-state index in [4.69, 9.17) is 4.84 Å². The Balaban J connectivity index is 0.000000405. The molecule has 1 heterocycles. The van der Waals surface area contributed by atoms with Crippen molar-refractivity contribution in [3.63, 3.8) is 0 Å². The second-order valence-corrected chi connectivity index (χ2v) is 12.9. The molecule has 0 amide bonds. The minimum atomic E-state index is -7.22. The van der Waals surface area contributed by atoms with Crippen LogP contribution < -0.4 is 31.4 Å². The lowest BCUT2D eigenvalue weighted by atomic mass is 9.12. The highest BCUT2D eigenvalue weighted by molar-refractivity contribution is 7.20. The van der Waals surface area contributed by atoms with Crippen molar-refractivity contribution in [2.24, 2.45) is 0 Å². The molecule has 4 aromatic carbocycles. The number of halogens is 20. The molecule has 5 rings (SSSR count). The predicted octanol–water partition coefficient (Wildman–Crippen LogP) is 7.26. The van der Waals surface area contributed by atoms with Gasteiger partial charge in [0.1, 0.15) is 52.7 Å². The van der Waals surface area contributed by atoms with Crippen molar-refractivity contribution in [3.8, 4) is 0 Å². The molecule has 0 saturated heterocycles. The van der Waals surface area contributed by atoms with Gasteiger partial charge in [0.05, 0.1) is 12.4 Å². The molecule has 0 saturated carbocycles. The van der Waals surface area contributed by atoms with Crippen LogP contribution in [0.1, 0.15) is 38.5 Å². The van der Waals surface area contributed by atoms with Gasteiger partial charge in [0.15, 0.2) is 76.4 Å². The fourth-order valence-corrected chi connectivity index (χ4v) is 6.49. The van der Waals surface area contributed by atoms with Gasteiger partial charge in [-0.25, -0.2) is 87.8 Å². The second kappa shape index (κ2) is 19.9. The smallest absolute Gasteiger partial charge is 0.240 e. The monoisotopic (exact) mass is 933 g/mol. The van der Waals surface area contributed by atoms with Crippen molar-refractivity contribution >= 4 is 28.0 Å². The zero-order chi connectivity index (χ0) is 47.4. The highest BCUT2D eigenvalue weighted by Crippen LogP contribution is 2.30. The van der Waals surface area contributed by atoms with E-state index in [2.05, 4.69) is 4.98 Å². The standard InChI is InChI=1S/C24BF20.C12H20N3O3/c26-5-1(6(27)14(35)21(42)13(5)34)25(2-7(28)15(36)22(43)16(37)8(2)29,3-9(30)17(38)23(44)18(39)10(3)31)4-11(32)19(40)24(45)20(41)12(4)33;16-15(17)9-5-3-1-2-4-6-12-18-14-10-7-13-8-11-14/h;7-8,10-11H,1-6,9,12H2/q-1;+1. The van der Waals surface area contributed by atoms with Crippen LogP contribution in [0, 0.1) is 126 Å². The summed E-state index contributed by atoms with van der Waals surface area (Å²) in [4.78, 5) is 19.2. The molecule has 0 bridgehead atoms. The molecule has 0 aliphatic heterocycles. The number of unbranched alkanes of at least 4 members (excludes halogenated alkanes) is 5. The van der Waals surface area contributed by atoms with Gasteiger partial charge in [0, 0.05) is 16.1 Å². The third kappa shape index (κ3) is 9.03. The summed E-state index contributed by atoms with van der Waals surface area (Å²) in [5.41, 5.74) is -14.3. The van der Waals surface area contributed by atoms with E-state index in [0.29, 0.717) is 13.0 Å². The Labute approximate surface area is 338 Å². The molecule has 0 N–H and O–H groups in total. The molecule has 63 heavy (non-hydrogen) atoms. The Morgan fingerprint density at radius 2 is 0.651 bits per heavy atom. The molecule has 0 aliphatic carbocycles. The van der Waals surface area contributed by atoms with E-state index in [9.17, 15) is 62.8 Å². The van der Waals surface area contributed by atoms with Crippen LogP contribution in [0.25, 0.3) is 0 Å². The maximum Gasteiger partial charge on any atom is 0.240 e. The number of nitro groups is 1. The molecule has 0 unspecified atom stereocenters. The van der Waals surface area contributed by atoms with E-state index >= 15 is 35.1 Å². The van der Waals surface area contributed by atoms with E-state index < -0.39 is 144 Å². The SMILES string of the molecule is Fc1c(F)c(F)c([B-](c2c(F)c(F)c(F)c(F)c2F)(c2c(F)c(F)c(F)c(F)c2F)c2c(F)c(F)c(F)c(F)c2F)c(F)c1F.O=[N+]([O-])CCCCCCCCO[n+]1ccncc1. The summed E-state index contributed by atoms with van der Waals surface area (Å²) in [5.74, 6) is -71.4. The highest BCUT2D eigenvalue weighted by atomic mass is 19.2. The summed E-state index contributed by atoms with van der Waals surface area (Å²) in [7, 11) is 0. The number of benzene rings is 4. The predicted molar refractivity (Wildman–Crippen MR) is 175 cm³/mol. The zero-order valence-corrected chi connectivity index (χ0v) is 30.7. The largest absolute Gasteiger partial charge is 0.271 e. The van der Waals surface area contributed by atoms with Gasteiger partial charge in [0.25, 0.3) is 0 Å². The fraction of sp³-hybridized carbons (Fsp3) is 0.222. The minimum absolute atomic E-state index is 0.0990. The van der Waals surface area contributed by atoms with Crippen LogP contribution in [-0.4, -0.2) is 29.2 Å². The molecule has 27 heteroatoms. The van der Waals surface area contributed by atoms with Crippen LogP contribution in [0.5, 0.6) is 0 Å². The first-order valence-electron chi connectivity index (χ1n) is 17.3. The first kappa shape index (κ1) is 49.5. The van der Waals surface area contributed by atoms with Crippen molar-refractivity contribution in [2.45, 2.75) is 38.5 Å². The van der Waals surface area contributed by atoms with Crippen LogP contribution in [0.3, 0.4) is 0 Å². The van der Waals surface area contributed by atoms with Gasteiger partial charge in [-0.2, -0.15) is 0 Å². The van der Waals surface area contributed by atoms with Crippen LogP contribution in [0.15, 0.2) is 24.8 Å².